The summed E-state index contributed by atoms with van der Waals surface area (Å²) in [5, 5.41) is 13.9. The molecule has 0 fully saturated rings. The van der Waals surface area contributed by atoms with Gasteiger partial charge in [0.2, 0.25) is 0 Å². The highest BCUT2D eigenvalue weighted by Gasteiger charge is 1.99. The van der Waals surface area contributed by atoms with E-state index in [2.05, 4.69) is 15.2 Å². The van der Waals surface area contributed by atoms with E-state index in [-0.39, 0.29) is 0 Å². The molecule has 0 saturated heterocycles. The Morgan fingerprint density at radius 3 is 2.45 bits per heavy atom. The number of nitrogens with one attached hydrogen (secondary N) is 1. The molecule has 0 amide bonds. The van der Waals surface area contributed by atoms with Gasteiger partial charge in [-0.1, -0.05) is 0 Å². The van der Waals surface area contributed by atoms with E-state index >= 15 is 0 Å². The SMILES string of the molecule is C[C@H](N)C(=O)O.c1nc[nH]n1. The molecular weight excluding hydrogens is 148 g/mol. The molecule has 1 aromatic rings. The van der Waals surface area contributed by atoms with Crippen LogP contribution in [0, 0.1) is 0 Å². The lowest BCUT2D eigenvalue weighted by Gasteiger charge is -1.90. The number of nitrogens with zero attached hydrogens (tertiary/aromatic N) is 2. The van der Waals surface area contributed by atoms with E-state index in [1.165, 1.54) is 19.6 Å². The van der Waals surface area contributed by atoms with Crippen LogP contribution in [0.2, 0.25) is 0 Å². The van der Waals surface area contributed by atoms with Crippen molar-refractivity contribution in [1.29, 1.82) is 0 Å². The Morgan fingerprint density at radius 1 is 1.82 bits per heavy atom. The number of carboxylic acids is 1. The Bertz CT molecular complexity index is 167. The average molecular weight is 158 g/mol. The summed E-state index contributed by atoms with van der Waals surface area (Å²) in [7, 11) is 0. The third kappa shape index (κ3) is 6.46. The number of carboxylic acid groups (broad SMARTS) is 1. The molecule has 4 N–H and O–H groups in total. The van der Waals surface area contributed by atoms with E-state index < -0.39 is 12.0 Å². The first-order valence-corrected chi connectivity index (χ1v) is 2.91. The van der Waals surface area contributed by atoms with Gasteiger partial charge in [0.1, 0.15) is 18.7 Å². The van der Waals surface area contributed by atoms with Gasteiger partial charge in [0.25, 0.3) is 0 Å². The zero-order chi connectivity index (χ0) is 8.69. The quantitative estimate of drug-likeness (QED) is 0.497. The van der Waals surface area contributed by atoms with Crippen LogP contribution in [0.1, 0.15) is 6.92 Å². The largest absolute Gasteiger partial charge is 0.480 e. The zero-order valence-corrected chi connectivity index (χ0v) is 6.06. The summed E-state index contributed by atoms with van der Waals surface area (Å²) < 4.78 is 0. The van der Waals surface area contributed by atoms with E-state index in [0.717, 1.165) is 0 Å². The van der Waals surface area contributed by atoms with Gasteiger partial charge in [-0.2, -0.15) is 5.10 Å². The molecule has 0 saturated carbocycles. The van der Waals surface area contributed by atoms with Crippen molar-refractivity contribution in [3.05, 3.63) is 12.7 Å². The second-order valence-electron chi connectivity index (χ2n) is 1.78. The molecule has 11 heavy (non-hydrogen) atoms. The van der Waals surface area contributed by atoms with E-state index in [0.29, 0.717) is 0 Å². The molecule has 0 aliphatic carbocycles. The highest BCUT2D eigenvalue weighted by Crippen LogP contribution is 1.68. The molecule has 0 aromatic carbocycles. The topological polar surface area (TPSA) is 105 Å². The van der Waals surface area contributed by atoms with Crippen LogP contribution in [0.5, 0.6) is 0 Å². The lowest BCUT2D eigenvalue weighted by atomic mass is 10.4. The van der Waals surface area contributed by atoms with E-state index in [1.54, 1.807) is 0 Å². The lowest BCUT2D eigenvalue weighted by molar-refractivity contribution is -0.138. The van der Waals surface area contributed by atoms with Gasteiger partial charge in [-0.05, 0) is 6.92 Å². The van der Waals surface area contributed by atoms with Crippen LogP contribution in [-0.4, -0.2) is 32.3 Å². The van der Waals surface area contributed by atoms with Crippen molar-refractivity contribution in [2.75, 3.05) is 0 Å². The second-order valence-corrected chi connectivity index (χ2v) is 1.78. The van der Waals surface area contributed by atoms with Crippen molar-refractivity contribution in [3.63, 3.8) is 0 Å². The summed E-state index contributed by atoms with van der Waals surface area (Å²) in [6.45, 7) is 1.42. The number of rotatable bonds is 1. The van der Waals surface area contributed by atoms with Crippen LogP contribution in [0.25, 0.3) is 0 Å². The molecule has 0 spiro atoms. The van der Waals surface area contributed by atoms with Crippen LogP contribution in [0.15, 0.2) is 12.7 Å². The number of hydrogen-bond donors (Lipinski definition) is 3. The van der Waals surface area contributed by atoms with Gasteiger partial charge >= 0.3 is 5.97 Å². The molecule has 1 atom stereocenters. The molecule has 0 unspecified atom stereocenters. The molecule has 6 nitrogen and oxygen atoms in total. The first kappa shape index (κ1) is 9.57. The Labute approximate surface area is 63.4 Å². The maximum absolute atomic E-state index is 9.57. The Kier molecular flexibility index (Phi) is 4.67. The monoisotopic (exact) mass is 158 g/mol. The number of H-pyrrole nitrogens is 1. The van der Waals surface area contributed by atoms with Crippen LogP contribution in [0.3, 0.4) is 0 Å². The minimum atomic E-state index is -0.963. The highest BCUT2D eigenvalue weighted by atomic mass is 16.4. The molecule has 0 aliphatic rings. The number of nitrogens with two attached hydrogens (primary N) is 1. The lowest BCUT2D eigenvalue weighted by Crippen LogP contribution is -2.25. The maximum atomic E-state index is 9.57. The van der Waals surface area contributed by atoms with Gasteiger partial charge in [0.15, 0.2) is 0 Å². The molecule has 1 rings (SSSR count). The minimum Gasteiger partial charge on any atom is -0.480 e. The normalized spacial score (nSPS) is 11.1. The van der Waals surface area contributed by atoms with Gasteiger partial charge in [0.05, 0.1) is 0 Å². The number of aromatic nitrogens is 3. The Hall–Kier alpha value is -1.43. The van der Waals surface area contributed by atoms with Gasteiger partial charge in [-0.3, -0.25) is 9.89 Å². The average Bonchev–Trinajstić information content (AvgIpc) is 2.41. The number of hydrogen-bond acceptors (Lipinski definition) is 4. The first-order valence-electron chi connectivity index (χ1n) is 2.91. The predicted octanol–water partition coefficient (Wildman–Crippen LogP) is -0.777. The fourth-order valence-electron chi connectivity index (χ4n) is 0.167. The van der Waals surface area contributed by atoms with E-state index in [9.17, 15) is 4.79 Å². The standard InChI is InChI=1S/C3H7NO2.C2H3N3/c1-2(4)3(5)6;1-3-2-5-4-1/h2H,4H2,1H3,(H,5,6);1-2H,(H,3,4,5)/t2-;/m0./s1. The highest BCUT2D eigenvalue weighted by molar-refractivity contribution is 5.72. The summed E-state index contributed by atoms with van der Waals surface area (Å²) in [5.41, 5.74) is 4.84. The zero-order valence-electron chi connectivity index (χ0n) is 6.06. The molecule has 1 heterocycles. The smallest absolute Gasteiger partial charge is 0.320 e. The van der Waals surface area contributed by atoms with Gasteiger partial charge in [-0.25, -0.2) is 4.98 Å². The van der Waals surface area contributed by atoms with Gasteiger partial charge < -0.3 is 10.8 Å². The van der Waals surface area contributed by atoms with Crippen molar-refractivity contribution in [1.82, 2.24) is 15.2 Å². The maximum Gasteiger partial charge on any atom is 0.320 e. The summed E-state index contributed by atoms with van der Waals surface area (Å²) in [6.07, 6.45) is 2.96. The summed E-state index contributed by atoms with van der Waals surface area (Å²) in [5.74, 6) is -0.963. The van der Waals surface area contributed by atoms with Crippen molar-refractivity contribution in [3.8, 4) is 0 Å². The third-order valence-corrected chi connectivity index (χ3v) is 0.721. The fourth-order valence-corrected chi connectivity index (χ4v) is 0.167. The first-order chi connectivity index (χ1) is 5.14. The van der Waals surface area contributed by atoms with Crippen molar-refractivity contribution in [2.45, 2.75) is 13.0 Å². The Balaban J connectivity index is 0.000000183. The number of carbonyl (C=O) groups is 1. The summed E-state index contributed by atoms with van der Waals surface area (Å²) in [6, 6.07) is -0.731. The Morgan fingerprint density at radius 2 is 2.36 bits per heavy atom. The van der Waals surface area contributed by atoms with Crippen molar-refractivity contribution < 1.29 is 9.90 Å². The molecule has 1 aromatic heterocycles. The predicted molar refractivity (Wildman–Crippen MR) is 37.7 cm³/mol. The van der Waals surface area contributed by atoms with Crippen LogP contribution >= 0.6 is 0 Å². The molecule has 0 radical (unpaired) electrons. The molecule has 0 bridgehead atoms. The van der Waals surface area contributed by atoms with Gasteiger partial charge in [0, 0.05) is 0 Å². The van der Waals surface area contributed by atoms with Crippen LogP contribution in [0.4, 0.5) is 0 Å². The number of aromatic amines is 1. The van der Waals surface area contributed by atoms with E-state index in [1.807, 2.05) is 0 Å². The van der Waals surface area contributed by atoms with Gasteiger partial charge in [-0.15, -0.1) is 0 Å². The van der Waals surface area contributed by atoms with Crippen molar-refractivity contribution in [2.24, 2.45) is 5.73 Å². The minimum absolute atomic E-state index is 0.731. The van der Waals surface area contributed by atoms with Crippen LogP contribution < -0.4 is 5.73 Å². The van der Waals surface area contributed by atoms with Crippen LogP contribution in [-0.2, 0) is 4.79 Å². The molecule has 6 heteroatoms. The van der Waals surface area contributed by atoms with E-state index in [4.69, 9.17) is 10.8 Å². The second kappa shape index (κ2) is 5.36. The molecular formula is C5H10N4O2. The third-order valence-electron chi connectivity index (χ3n) is 0.721. The summed E-state index contributed by atoms with van der Waals surface area (Å²) >= 11 is 0. The molecule has 0 aliphatic heterocycles. The molecule has 62 valence electrons. The summed E-state index contributed by atoms with van der Waals surface area (Å²) in [4.78, 5) is 13.1. The fraction of sp³-hybridized carbons (Fsp3) is 0.400. The van der Waals surface area contributed by atoms with Crippen molar-refractivity contribution >= 4 is 5.97 Å². The number of aliphatic carboxylic acids is 1.